The fourth-order valence-corrected chi connectivity index (χ4v) is 1.41. The maximum atomic E-state index is 11.4. The number of nitrogens with zero attached hydrogens (tertiary/aromatic N) is 1. The Morgan fingerprint density at radius 3 is 2.07 bits per heavy atom. The minimum absolute atomic E-state index is 0.450. The van der Waals surface area contributed by atoms with Crippen LogP contribution in [0.3, 0.4) is 0 Å². The molecular weight excluding hydrogens is 268 g/mol. The van der Waals surface area contributed by atoms with Crippen LogP contribution in [0.1, 0.15) is 0 Å². The molecule has 0 aromatic heterocycles. The van der Waals surface area contributed by atoms with Crippen molar-refractivity contribution in [3.05, 3.63) is 30.3 Å². The van der Waals surface area contributed by atoms with Crippen molar-refractivity contribution in [2.45, 2.75) is 3.79 Å². The summed E-state index contributed by atoms with van der Waals surface area (Å²) in [6.07, 6.45) is 0. The normalized spacial score (nSPS) is 11.1. The van der Waals surface area contributed by atoms with Crippen LogP contribution in [0.25, 0.3) is 0 Å². The predicted octanol–water partition coefficient (Wildman–Crippen LogP) is 3.54. The van der Waals surface area contributed by atoms with Crippen molar-refractivity contribution in [2.24, 2.45) is 0 Å². The summed E-state index contributed by atoms with van der Waals surface area (Å²) in [4.78, 5) is 11.4. The molecule has 0 aliphatic rings. The molecule has 1 rings (SSSR count). The van der Waals surface area contributed by atoms with Crippen LogP contribution in [0.5, 0.6) is 0 Å². The second-order valence-corrected chi connectivity index (χ2v) is 5.04. The van der Waals surface area contributed by atoms with Gasteiger partial charge in [0.2, 0.25) is 0 Å². The Hall–Kier alpha value is -0.150. The first-order chi connectivity index (χ1) is 6.43. The molecule has 0 radical (unpaired) electrons. The number of benzene rings is 1. The first-order valence-corrected chi connectivity index (χ1v) is 5.02. The van der Waals surface area contributed by atoms with E-state index in [2.05, 4.69) is 0 Å². The van der Waals surface area contributed by atoms with Gasteiger partial charge in [0.1, 0.15) is 0 Å². The summed E-state index contributed by atoms with van der Waals surface area (Å²) < 4.78 is -1.27. The molecule has 6 heteroatoms. The van der Waals surface area contributed by atoms with Gasteiger partial charge in [-0.25, -0.2) is 4.42 Å². The molecule has 2 nitrogen and oxygen atoms in total. The Labute approximate surface area is 101 Å². The van der Waals surface area contributed by atoms with E-state index in [1.807, 2.05) is 0 Å². The highest BCUT2D eigenvalue weighted by molar-refractivity contribution is 6.78. The van der Waals surface area contributed by atoms with Crippen molar-refractivity contribution in [3.63, 3.8) is 0 Å². The Morgan fingerprint density at radius 1 is 1.14 bits per heavy atom. The fourth-order valence-electron chi connectivity index (χ4n) is 0.787. The SMILES string of the molecule is O=C(N(Cl)c1ccccc1)C(Cl)(Cl)Cl. The maximum absolute atomic E-state index is 11.4. The summed E-state index contributed by atoms with van der Waals surface area (Å²) in [6, 6.07) is 8.48. The average Bonchev–Trinajstić information content (AvgIpc) is 2.15. The molecule has 0 unspecified atom stereocenters. The zero-order chi connectivity index (χ0) is 10.8. The third-order valence-corrected chi connectivity index (χ3v) is 2.24. The smallest absolute Gasteiger partial charge is 0.268 e. The van der Waals surface area contributed by atoms with E-state index < -0.39 is 9.70 Å². The topological polar surface area (TPSA) is 20.3 Å². The quantitative estimate of drug-likeness (QED) is 0.566. The number of carbonyl (C=O) groups excluding carboxylic acids is 1. The first kappa shape index (κ1) is 11.9. The molecule has 0 saturated heterocycles. The van der Waals surface area contributed by atoms with E-state index in [9.17, 15) is 4.79 Å². The fraction of sp³-hybridized carbons (Fsp3) is 0.125. The summed E-state index contributed by atoms with van der Waals surface area (Å²) in [5.41, 5.74) is 0.450. The largest absolute Gasteiger partial charge is 0.293 e. The molecule has 0 aliphatic carbocycles. The number of hydrogen-bond donors (Lipinski definition) is 0. The molecule has 0 saturated carbocycles. The zero-order valence-electron chi connectivity index (χ0n) is 6.75. The Morgan fingerprint density at radius 2 is 1.64 bits per heavy atom. The highest BCUT2D eigenvalue weighted by Crippen LogP contribution is 2.31. The zero-order valence-corrected chi connectivity index (χ0v) is 9.78. The number of alkyl halides is 3. The van der Waals surface area contributed by atoms with Gasteiger partial charge in [0.05, 0.1) is 5.69 Å². The van der Waals surface area contributed by atoms with Crippen molar-refractivity contribution in [1.82, 2.24) is 0 Å². The minimum atomic E-state index is -2.04. The van der Waals surface area contributed by atoms with Crippen molar-refractivity contribution in [3.8, 4) is 0 Å². The van der Waals surface area contributed by atoms with Crippen LogP contribution in [0.15, 0.2) is 30.3 Å². The third kappa shape index (κ3) is 2.92. The maximum Gasteiger partial charge on any atom is 0.293 e. The number of anilines is 1. The van der Waals surface area contributed by atoms with E-state index in [0.717, 1.165) is 4.42 Å². The van der Waals surface area contributed by atoms with Gasteiger partial charge < -0.3 is 0 Å². The summed E-state index contributed by atoms with van der Waals surface area (Å²) in [5.74, 6) is -0.810. The molecule has 0 atom stereocenters. The molecule has 76 valence electrons. The summed E-state index contributed by atoms with van der Waals surface area (Å²) in [5, 5.41) is 0. The van der Waals surface area contributed by atoms with Gasteiger partial charge in [-0.15, -0.1) is 0 Å². The van der Waals surface area contributed by atoms with Crippen LogP contribution < -0.4 is 4.42 Å². The predicted molar refractivity (Wildman–Crippen MR) is 60.1 cm³/mol. The second-order valence-electron chi connectivity index (χ2n) is 2.42. The van der Waals surface area contributed by atoms with E-state index in [-0.39, 0.29) is 0 Å². The third-order valence-electron chi connectivity index (χ3n) is 1.40. The lowest BCUT2D eigenvalue weighted by atomic mass is 10.3. The highest BCUT2D eigenvalue weighted by Gasteiger charge is 2.35. The number of hydrogen-bond acceptors (Lipinski definition) is 1. The molecule has 0 bridgehead atoms. The van der Waals surface area contributed by atoms with Crippen molar-refractivity contribution < 1.29 is 4.79 Å². The molecular formula is C8H5Cl4NO. The van der Waals surface area contributed by atoms with Crippen LogP contribution in [0, 0.1) is 0 Å². The molecule has 0 heterocycles. The Balaban J connectivity index is 2.87. The van der Waals surface area contributed by atoms with E-state index in [4.69, 9.17) is 46.6 Å². The van der Waals surface area contributed by atoms with Crippen LogP contribution in [0.4, 0.5) is 5.69 Å². The van der Waals surface area contributed by atoms with Crippen molar-refractivity contribution in [2.75, 3.05) is 4.42 Å². The van der Waals surface area contributed by atoms with Crippen LogP contribution in [-0.2, 0) is 4.79 Å². The Kier molecular flexibility index (Phi) is 3.90. The van der Waals surface area contributed by atoms with E-state index >= 15 is 0 Å². The van der Waals surface area contributed by atoms with E-state index in [1.165, 1.54) is 0 Å². The summed E-state index contributed by atoms with van der Waals surface area (Å²) in [6.45, 7) is 0. The van der Waals surface area contributed by atoms with Crippen LogP contribution >= 0.6 is 46.6 Å². The number of carbonyl (C=O) groups is 1. The van der Waals surface area contributed by atoms with Gasteiger partial charge in [-0.2, -0.15) is 0 Å². The molecule has 1 amide bonds. The Bertz CT molecular complexity index is 322. The summed E-state index contributed by atoms with van der Waals surface area (Å²) >= 11 is 21.8. The van der Waals surface area contributed by atoms with Crippen molar-refractivity contribution in [1.29, 1.82) is 0 Å². The van der Waals surface area contributed by atoms with Gasteiger partial charge >= 0.3 is 0 Å². The van der Waals surface area contributed by atoms with Gasteiger partial charge in [-0.3, -0.25) is 4.79 Å². The van der Waals surface area contributed by atoms with Crippen LogP contribution in [-0.4, -0.2) is 9.70 Å². The molecule has 14 heavy (non-hydrogen) atoms. The molecule has 0 fully saturated rings. The molecule has 0 aliphatic heterocycles. The number of halogens is 4. The lowest BCUT2D eigenvalue weighted by molar-refractivity contribution is -0.116. The number of rotatable bonds is 1. The average molecular weight is 273 g/mol. The standard InChI is InChI=1S/C8H5Cl4NO/c9-8(10,11)7(14)13(12)6-4-2-1-3-5-6/h1-5H. The monoisotopic (exact) mass is 271 g/mol. The van der Waals surface area contributed by atoms with Gasteiger partial charge in [-0.05, 0) is 12.1 Å². The molecule has 1 aromatic carbocycles. The van der Waals surface area contributed by atoms with Gasteiger partial charge in [0.25, 0.3) is 9.70 Å². The number of para-hydroxylation sites is 1. The first-order valence-electron chi connectivity index (χ1n) is 3.55. The van der Waals surface area contributed by atoms with E-state index in [1.54, 1.807) is 30.3 Å². The lowest BCUT2D eigenvalue weighted by Crippen LogP contribution is -2.32. The lowest BCUT2D eigenvalue weighted by Gasteiger charge is -2.18. The summed E-state index contributed by atoms with van der Waals surface area (Å²) in [7, 11) is 0. The highest BCUT2D eigenvalue weighted by atomic mass is 35.6. The van der Waals surface area contributed by atoms with Crippen LogP contribution in [0.2, 0.25) is 0 Å². The van der Waals surface area contributed by atoms with Gasteiger partial charge in [-0.1, -0.05) is 53.0 Å². The van der Waals surface area contributed by atoms with Crippen molar-refractivity contribution >= 4 is 58.2 Å². The molecule has 1 aromatic rings. The van der Waals surface area contributed by atoms with Gasteiger partial charge in [0, 0.05) is 11.8 Å². The minimum Gasteiger partial charge on any atom is -0.268 e. The van der Waals surface area contributed by atoms with E-state index in [0.29, 0.717) is 5.69 Å². The van der Waals surface area contributed by atoms with Gasteiger partial charge in [0.15, 0.2) is 0 Å². The molecule has 0 spiro atoms. The number of amides is 1. The second kappa shape index (κ2) is 4.58. The molecule has 0 N–H and O–H groups in total.